The molecule has 3 rings (SSSR count). The lowest BCUT2D eigenvalue weighted by molar-refractivity contribution is -0.120. The number of aryl methyl sites for hydroxylation is 1. The Hall–Kier alpha value is -3.08. The molecule has 5 nitrogen and oxygen atoms in total. The Morgan fingerprint density at radius 1 is 1.15 bits per heavy atom. The van der Waals surface area contributed by atoms with Gasteiger partial charge in [-0.15, -0.1) is 0 Å². The lowest BCUT2D eigenvalue weighted by Crippen LogP contribution is -2.28. The molecular weight excluding hydrogens is 328 g/mol. The molecule has 0 aliphatic heterocycles. The van der Waals surface area contributed by atoms with E-state index in [2.05, 4.69) is 10.3 Å². The number of rotatable bonds is 6. The molecule has 0 saturated carbocycles. The van der Waals surface area contributed by atoms with Crippen LogP contribution in [-0.2, 0) is 17.6 Å². The number of hydrogen-bond acceptors (Lipinski definition) is 3. The van der Waals surface area contributed by atoms with E-state index < -0.39 is 0 Å². The number of aromatic nitrogens is 1. The van der Waals surface area contributed by atoms with E-state index >= 15 is 0 Å². The summed E-state index contributed by atoms with van der Waals surface area (Å²) in [4.78, 5) is 27.2. The smallest absolute Gasteiger partial charge is 0.251 e. The molecule has 0 aliphatic rings. The molecular formula is C21H22N2O3. The van der Waals surface area contributed by atoms with Crippen molar-refractivity contribution in [3.05, 3.63) is 75.6 Å². The van der Waals surface area contributed by atoms with E-state index in [0.29, 0.717) is 18.5 Å². The number of amides is 1. The van der Waals surface area contributed by atoms with Crippen LogP contribution in [0.1, 0.15) is 16.7 Å². The van der Waals surface area contributed by atoms with Crippen LogP contribution in [-0.4, -0.2) is 24.5 Å². The summed E-state index contributed by atoms with van der Waals surface area (Å²) in [5.74, 6) is 0.652. The van der Waals surface area contributed by atoms with Crippen molar-refractivity contribution in [1.82, 2.24) is 10.3 Å². The predicted octanol–water partition coefficient (Wildman–Crippen LogP) is 2.75. The van der Waals surface area contributed by atoms with Crippen LogP contribution in [0.4, 0.5) is 0 Å². The molecule has 0 unspecified atom stereocenters. The molecule has 0 aliphatic carbocycles. The van der Waals surface area contributed by atoms with Crippen LogP contribution in [0.2, 0.25) is 0 Å². The fraction of sp³-hybridized carbons (Fsp3) is 0.238. The van der Waals surface area contributed by atoms with Crippen LogP contribution in [0.15, 0.2) is 53.3 Å². The number of carbonyl (C=O) groups is 1. The van der Waals surface area contributed by atoms with Crippen LogP contribution in [0.5, 0.6) is 5.75 Å². The SMILES string of the molecule is COc1cccc(CC(=O)NCCc2cc3ccc(C)cc3[nH]c2=O)c1. The molecule has 1 amide bonds. The average molecular weight is 350 g/mol. The number of carbonyl (C=O) groups excluding carboxylic acids is 1. The average Bonchev–Trinajstić information content (AvgIpc) is 2.62. The number of aromatic amines is 1. The van der Waals surface area contributed by atoms with Gasteiger partial charge in [-0.1, -0.05) is 24.3 Å². The number of nitrogens with one attached hydrogen (secondary N) is 2. The second-order valence-electron chi connectivity index (χ2n) is 6.34. The molecule has 2 N–H and O–H groups in total. The zero-order valence-electron chi connectivity index (χ0n) is 15.0. The van der Waals surface area contributed by atoms with Crippen molar-refractivity contribution in [1.29, 1.82) is 0 Å². The number of ether oxygens (including phenoxy) is 1. The number of hydrogen-bond donors (Lipinski definition) is 2. The van der Waals surface area contributed by atoms with E-state index in [9.17, 15) is 9.59 Å². The van der Waals surface area contributed by atoms with E-state index in [1.165, 1.54) is 0 Å². The maximum Gasteiger partial charge on any atom is 0.251 e. The first-order chi connectivity index (χ1) is 12.5. The van der Waals surface area contributed by atoms with E-state index in [4.69, 9.17) is 4.74 Å². The van der Waals surface area contributed by atoms with Crippen LogP contribution < -0.4 is 15.6 Å². The van der Waals surface area contributed by atoms with E-state index in [1.54, 1.807) is 7.11 Å². The van der Waals surface area contributed by atoms with Gasteiger partial charge >= 0.3 is 0 Å². The standard InChI is InChI=1S/C21H22N2O3/c1-14-6-7-16-13-17(21(25)23-19(16)10-14)8-9-22-20(24)12-15-4-3-5-18(11-15)26-2/h3-7,10-11,13H,8-9,12H2,1-2H3,(H,22,24)(H,23,25). The number of H-pyrrole nitrogens is 1. The topological polar surface area (TPSA) is 71.2 Å². The third-order valence-electron chi connectivity index (χ3n) is 4.29. The summed E-state index contributed by atoms with van der Waals surface area (Å²) in [5, 5.41) is 3.86. The third kappa shape index (κ3) is 4.30. The molecule has 5 heteroatoms. The molecule has 0 saturated heterocycles. The lowest BCUT2D eigenvalue weighted by atomic mass is 10.1. The Morgan fingerprint density at radius 3 is 2.81 bits per heavy atom. The van der Waals surface area contributed by atoms with Gasteiger partial charge in [-0.2, -0.15) is 0 Å². The quantitative estimate of drug-likeness (QED) is 0.718. The lowest BCUT2D eigenvalue weighted by Gasteiger charge is -2.07. The van der Waals surface area contributed by atoms with Gasteiger partial charge in [0.25, 0.3) is 5.56 Å². The molecule has 0 fully saturated rings. The van der Waals surface area contributed by atoms with Gasteiger partial charge in [0, 0.05) is 17.6 Å². The maximum atomic E-state index is 12.2. The van der Waals surface area contributed by atoms with Gasteiger partial charge in [-0.05, 0) is 54.1 Å². The van der Waals surface area contributed by atoms with Crippen molar-refractivity contribution in [3.8, 4) is 5.75 Å². The van der Waals surface area contributed by atoms with Crippen molar-refractivity contribution >= 4 is 16.8 Å². The Morgan fingerprint density at radius 2 is 2.00 bits per heavy atom. The molecule has 0 radical (unpaired) electrons. The molecule has 1 heterocycles. The summed E-state index contributed by atoms with van der Waals surface area (Å²) in [5.41, 5.74) is 3.39. The van der Waals surface area contributed by atoms with Gasteiger partial charge in [0.05, 0.1) is 13.5 Å². The van der Waals surface area contributed by atoms with Gasteiger partial charge in [0.1, 0.15) is 5.75 Å². The summed E-state index contributed by atoms with van der Waals surface area (Å²) in [6, 6.07) is 15.3. The predicted molar refractivity (Wildman–Crippen MR) is 103 cm³/mol. The van der Waals surface area contributed by atoms with Gasteiger partial charge in [-0.25, -0.2) is 0 Å². The highest BCUT2D eigenvalue weighted by atomic mass is 16.5. The Bertz CT molecular complexity index is 992. The normalized spacial score (nSPS) is 10.7. The van der Waals surface area contributed by atoms with Crippen molar-refractivity contribution < 1.29 is 9.53 Å². The summed E-state index contributed by atoms with van der Waals surface area (Å²) >= 11 is 0. The minimum atomic E-state index is -0.106. The number of fused-ring (bicyclic) bond motifs is 1. The van der Waals surface area contributed by atoms with Gasteiger partial charge in [0.15, 0.2) is 0 Å². The van der Waals surface area contributed by atoms with Crippen LogP contribution in [0.25, 0.3) is 10.9 Å². The second kappa shape index (κ2) is 7.87. The summed E-state index contributed by atoms with van der Waals surface area (Å²) < 4.78 is 5.16. The van der Waals surface area contributed by atoms with Crippen molar-refractivity contribution in [2.24, 2.45) is 0 Å². The molecule has 0 spiro atoms. The molecule has 2 aromatic carbocycles. The molecule has 1 aromatic heterocycles. The molecule has 0 atom stereocenters. The molecule has 0 bridgehead atoms. The molecule has 134 valence electrons. The van der Waals surface area contributed by atoms with Crippen molar-refractivity contribution in [3.63, 3.8) is 0 Å². The highest BCUT2D eigenvalue weighted by molar-refractivity contribution is 5.80. The summed E-state index contributed by atoms with van der Waals surface area (Å²) in [6.45, 7) is 2.41. The first-order valence-corrected chi connectivity index (χ1v) is 8.57. The van der Waals surface area contributed by atoms with E-state index in [0.717, 1.165) is 27.8 Å². The fourth-order valence-corrected chi connectivity index (χ4v) is 2.91. The summed E-state index contributed by atoms with van der Waals surface area (Å²) in [6.07, 6.45) is 0.771. The zero-order valence-corrected chi connectivity index (χ0v) is 15.0. The number of benzene rings is 2. The van der Waals surface area contributed by atoms with Gasteiger partial charge < -0.3 is 15.0 Å². The summed E-state index contributed by atoms with van der Waals surface area (Å²) in [7, 11) is 1.60. The van der Waals surface area contributed by atoms with Crippen LogP contribution in [0.3, 0.4) is 0 Å². The Labute approximate surface area is 152 Å². The number of methoxy groups -OCH3 is 1. The van der Waals surface area contributed by atoms with Crippen LogP contribution in [0, 0.1) is 6.92 Å². The van der Waals surface area contributed by atoms with Gasteiger partial charge in [-0.3, -0.25) is 9.59 Å². The largest absolute Gasteiger partial charge is 0.497 e. The maximum absolute atomic E-state index is 12.2. The Kier molecular flexibility index (Phi) is 5.37. The monoisotopic (exact) mass is 350 g/mol. The highest BCUT2D eigenvalue weighted by Crippen LogP contribution is 2.14. The first-order valence-electron chi connectivity index (χ1n) is 8.57. The minimum absolute atomic E-state index is 0.0777. The molecule has 3 aromatic rings. The second-order valence-corrected chi connectivity index (χ2v) is 6.34. The van der Waals surface area contributed by atoms with Gasteiger partial charge in [0.2, 0.25) is 5.91 Å². The number of pyridine rings is 1. The third-order valence-corrected chi connectivity index (χ3v) is 4.29. The van der Waals surface area contributed by atoms with Crippen molar-refractivity contribution in [2.45, 2.75) is 19.8 Å². The molecule has 26 heavy (non-hydrogen) atoms. The minimum Gasteiger partial charge on any atom is -0.497 e. The van der Waals surface area contributed by atoms with Crippen LogP contribution >= 0.6 is 0 Å². The van der Waals surface area contributed by atoms with E-state index in [1.807, 2.05) is 55.5 Å². The fourth-order valence-electron chi connectivity index (χ4n) is 2.91. The first kappa shape index (κ1) is 17.7. The Balaban J connectivity index is 1.59. The van der Waals surface area contributed by atoms with E-state index in [-0.39, 0.29) is 17.9 Å². The van der Waals surface area contributed by atoms with Crippen molar-refractivity contribution in [2.75, 3.05) is 13.7 Å². The highest BCUT2D eigenvalue weighted by Gasteiger charge is 2.07. The zero-order chi connectivity index (χ0) is 18.5.